The van der Waals surface area contributed by atoms with Crippen LogP contribution in [0.15, 0.2) is 54.6 Å². The van der Waals surface area contributed by atoms with Gasteiger partial charge >= 0.3 is 0 Å². The lowest BCUT2D eigenvalue weighted by Crippen LogP contribution is -2.25. The van der Waals surface area contributed by atoms with Gasteiger partial charge in [0.05, 0.1) is 0 Å². The third-order valence-corrected chi connectivity index (χ3v) is 4.06. The maximum atomic E-state index is 9.65. The monoisotopic (exact) mass is 283 g/mol. The number of benzene rings is 2. The highest BCUT2D eigenvalue weighted by atomic mass is 16.3. The van der Waals surface area contributed by atoms with E-state index in [1.54, 1.807) is 6.07 Å². The third kappa shape index (κ3) is 4.61. The molecule has 2 rings (SSSR count). The Morgan fingerprint density at radius 1 is 1.05 bits per heavy atom. The van der Waals surface area contributed by atoms with Crippen LogP contribution in [0.25, 0.3) is 0 Å². The van der Waals surface area contributed by atoms with Crippen LogP contribution in [0.5, 0.6) is 5.75 Å². The molecular weight excluding hydrogens is 258 g/mol. The summed E-state index contributed by atoms with van der Waals surface area (Å²) < 4.78 is 0. The molecule has 2 N–H and O–H groups in total. The van der Waals surface area contributed by atoms with Gasteiger partial charge in [-0.2, -0.15) is 0 Å². The number of phenolic OH excluding ortho intramolecular Hbond substituents is 1. The molecule has 0 heterocycles. The fraction of sp³-hybridized carbons (Fsp3) is 0.368. The first-order valence-electron chi connectivity index (χ1n) is 7.74. The van der Waals surface area contributed by atoms with Gasteiger partial charge < -0.3 is 10.4 Å². The summed E-state index contributed by atoms with van der Waals surface area (Å²) in [7, 11) is 0. The van der Waals surface area contributed by atoms with Crippen LogP contribution in [0.1, 0.15) is 37.3 Å². The fourth-order valence-electron chi connectivity index (χ4n) is 2.90. The Balaban J connectivity index is 1.90. The first-order valence-corrected chi connectivity index (χ1v) is 7.74. The van der Waals surface area contributed by atoms with Gasteiger partial charge in [-0.25, -0.2) is 0 Å². The zero-order chi connectivity index (χ0) is 15.1. The van der Waals surface area contributed by atoms with E-state index < -0.39 is 0 Å². The zero-order valence-electron chi connectivity index (χ0n) is 12.9. The van der Waals surface area contributed by atoms with Gasteiger partial charge in [0, 0.05) is 6.54 Å². The van der Waals surface area contributed by atoms with E-state index in [9.17, 15) is 5.11 Å². The van der Waals surface area contributed by atoms with Crippen LogP contribution in [-0.4, -0.2) is 11.7 Å². The molecule has 0 saturated heterocycles. The molecule has 112 valence electrons. The van der Waals surface area contributed by atoms with E-state index in [0.717, 1.165) is 19.5 Å². The standard InChI is InChI=1S/C19H25NO/c1-3-19(17-10-7-11-18(21)12-17)15(2)13-20-14-16-8-5-4-6-9-16/h4-12,15,19-21H,3,13-14H2,1-2H3/t15-,19+/m0/s1. The molecule has 0 aliphatic rings. The number of phenols is 1. The highest BCUT2D eigenvalue weighted by molar-refractivity contribution is 5.30. The average molecular weight is 283 g/mol. The van der Waals surface area contributed by atoms with Gasteiger partial charge in [-0.3, -0.25) is 0 Å². The summed E-state index contributed by atoms with van der Waals surface area (Å²) in [6, 6.07) is 18.1. The molecule has 21 heavy (non-hydrogen) atoms. The number of hydrogen-bond donors (Lipinski definition) is 2. The van der Waals surface area contributed by atoms with Crippen LogP contribution in [0, 0.1) is 5.92 Å². The van der Waals surface area contributed by atoms with Crippen LogP contribution < -0.4 is 5.32 Å². The van der Waals surface area contributed by atoms with Crippen LogP contribution in [0.4, 0.5) is 0 Å². The molecule has 2 nitrogen and oxygen atoms in total. The number of rotatable bonds is 7. The van der Waals surface area contributed by atoms with Crippen molar-refractivity contribution >= 4 is 0 Å². The fourth-order valence-corrected chi connectivity index (χ4v) is 2.90. The van der Waals surface area contributed by atoms with Gasteiger partial charge in [-0.05, 0) is 48.1 Å². The Kier molecular flexibility index (Phi) is 5.82. The van der Waals surface area contributed by atoms with E-state index >= 15 is 0 Å². The van der Waals surface area contributed by atoms with Crippen LogP contribution >= 0.6 is 0 Å². The van der Waals surface area contributed by atoms with Crippen molar-refractivity contribution in [3.8, 4) is 5.75 Å². The highest BCUT2D eigenvalue weighted by Gasteiger charge is 2.17. The largest absolute Gasteiger partial charge is 0.508 e. The quantitative estimate of drug-likeness (QED) is 0.793. The first kappa shape index (κ1) is 15.6. The molecule has 0 bridgehead atoms. The number of aromatic hydroxyl groups is 1. The van der Waals surface area contributed by atoms with Gasteiger partial charge in [-0.1, -0.05) is 56.3 Å². The van der Waals surface area contributed by atoms with E-state index in [2.05, 4.69) is 49.5 Å². The predicted molar refractivity (Wildman–Crippen MR) is 88.5 cm³/mol. The molecule has 0 aliphatic carbocycles. The van der Waals surface area contributed by atoms with Crippen molar-refractivity contribution in [1.82, 2.24) is 5.32 Å². The molecule has 0 aromatic heterocycles. The minimum atomic E-state index is 0.357. The van der Waals surface area contributed by atoms with E-state index in [-0.39, 0.29) is 0 Å². The molecule has 2 heteroatoms. The van der Waals surface area contributed by atoms with Crippen LogP contribution in [0.3, 0.4) is 0 Å². The molecule has 2 aromatic carbocycles. The topological polar surface area (TPSA) is 32.3 Å². The Morgan fingerprint density at radius 2 is 1.81 bits per heavy atom. The number of nitrogens with one attached hydrogen (secondary N) is 1. The normalized spacial score (nSPS) is 13.8. The van der Waals surface area contributed by atoms with Crippen molar-refractivity contribution in [1.29, 1.82) is 0 Å². The lowest BCUT2D eigenvalue weighted by Gasteiger charge is -2.24. The smallest absolute Gasteiger partial charge is 0.115 e. The van der Waals surface area contributed by atoms with E-state index in [4.69, 9.17) is 0 Å². The summed E-state index contributed by atoms with van der Waals surface area (Å²) in [6.07, 6.45) is 1.08. The average Bonchev–Trinajstić information content (AvgIpc) is 2.49. The molecule has 0 unspecified atom stereocenters. The summed E-state index contributed by atoms with van der Waals surface area (Å²) in [6.45, 7) is 6.36. The van der Waals surface area contributed by atoms with Crippen molar-refractivity contribution in [2.75, 3.05) is 6.54 Å². The Labute approximate surface area is 127 Å². The molecule has 0 spiro atoms. The second-order valence-corrected chi connectivity index (χ2v) is 5.70. The summed E-state index contributed by atoms with van der Waals surface area (Å²) in [5.74, 6) is 1.36. The summed E-state index contributed by atoms with van der Waals surface area (Å²) in [5.41, 5.74) is 2.54. The minimum Gasteiger partial charge on any atom is -0.508 e. The summed E-state index contributed by atoms with van der Waals surface area (Å²) in [4.78, 5) is 0. The van der Waals surface area contributed by atoms with Crippen molar-refractivity contribution in [3.63, 3.8) is 0 Å². The lowest BCUT2D eigenvalue weighted by atomic mass is 9.85. The molecule has 2 atom stereocenters. The molecule has 0 saturated carbocycles. The van der Waals surface area contributed by atoms with Gasteiger partial charge in [0.1, 0.15) is 5.75 Å². The first-order chi connectivity index (χ1) is 10.2. The molecule has 0 amide bonds. The minimum absolute atomic E-state index is 0.357. The lowest BCUT2D eigenvalue weighted by molar-refractivity contribution is 0.414. The summed E-state index contributed by atoms with van der Waals surface area (Å²) in [5, 5.41) is 13.2. The third-order valence-electron chi connectivity index (χ3n) is 4.06. The zero-order valence-corrected chi connectivity index (χ0v) is 12.9. The molecule has 2 aromatic rings. The van der Waals surface area contributed by atoms with E-state index in [1.807, 2.05) is 18.2 Å². The molecule has 0 radical (unpaired) electrons. The Morgan fingerprint density at radius 3 is 2.48 bits per heavy atom. The van der Waals surface area contributed by atoms with Gasteiger partial charge in [0.25, 0.3) is 0 Å². The van der Waals surface area contributed by atoms with E-state index in [0.29, 0.717) is 17.6 Å². The maximum absolute atomic E-state index is 9.65. The van der Waals surface area contributed by atoms with Gasteiger partial charge in [-0.15, -0.1) is 0 Å². The van der Waals surface area contributed by atoms with Crippen LogP contribution in [0.2, 0.25) is 0 Å². The predicted octanol–water partition coefficient (Wildman–Crippen LogP) is 4.31. The second-order valence-electron chi connectivity index (χ2n) is 5.70. The maximum Gasteiger partial charge on any atom is 0.115 e. The van der Waals surface area contributed by atoms with Crippen molar-refractivity contribution in [2.24, 2.45) is 5.92 Å². The molecule has 0 aliphatic heterocycles. The van der Waals surface area contributed by atoms with Crippen LogP contribution in [-0.2, 0) is 6.54 Å². The molecule has 0 fully saturated rings. The van der Waals surface area contributed by atoms with Crippen molar-refractivity contribution in [2.45, 2.75) is 32.7 Å². The van der Waals surface area contributed by atoms with Gasteiger partial charge in [0.2, 0.25) is 0 Å². The highest BCUT2D eigenvalue weighted by Crippen LogP contribution is 2.29. The second kappa shape index (κ2) is 7.84. The summed E-state index contributed by atoms with van der Waals surface area (Å²) >= 11 is 0. The Bertz CT molecular complexity index is 538. The van der Waals surface area contributed by atoms with Gasteiger partial charge in [0.15, 0.2) is 0 Å². The van der Waals surface area contributed by atoms with Crippen molar-refractivity contribution in [3.05, 3.63) is 65.7 Å². The van der Waals surface area contributed by atoms with Crippen molar-refractivity contribution < 1.29 is 5.11 Å². The SMILES string of the molecule is CC[C@@H](c1cccc(O)c1)[C@@H](C)CNCc1ccccc1. The molecular formula is C19H25NO. The van der Waals surface area contributed by atoms with E-state index in [1.165, 1.54) is 11.1 Å². The Hall–Kier alpha value is -1.80. The number of hydrogen-bond acceptors (Lipinski definition) is 2.